The van der Waals surface area contributed by atoms with Crippen molar-refractivity contribution in [3.05, 3.63) is 58.4 Å². The van der Waals surface area contributed by atoms with E-state index in [0.717, 1.165) is 45.3 Å². The first kappa shape index (κ1) is 23.1. The van der Waals surface area contributed by atoms with Gasteiger partial charge in [0.15, 0.2) is 0 Å². The molecule has 176 valence electrons. The lowest BCUT2D eigenvalue weighted by molar-refractivity contribution is -0.113. The van der Waals surface area contributed by atoms with Crippen molar-refractivity contribution in [3.63, 3.8) is 0 Å². The molecule has 1 aromatic carbocycles. The number of thioether (sulfide) groups is 1. The molecule has 3 aromatic heterocycles. The smallest absolute Gasteiger partial charge is 0.235 e. The third-order valence-corrected chi connectivity index (χ3v) is 8.14. The zero-order chi connectivity index (χ0) is 23.9. The van der Waals surface area contributed by atoms with Crippen molar-refractivity contribution in [2.24, 2.45) is 0 Å². The average Bonchev–Trinajstić information content (AvgIpc) is 3.39. The monoisotopic (exact) mass is 491 g/mol. The van der Waals surface area contributed by atoms with Gasteiger partial charge in [-0.25, -0.2) is 14.6 Å². The fourth-order valence-corrected chi connectivity index (χ4v) is 6.52. The molecule has 3 heterocycles. The van der Waals surface area contributed by atoms with E-state index in [1.165, 1.54) is 35.0 Å². The summed E-state index contributed by atoms with van der Waals surface area (Å²) in [4.78, 5) is 25.0. The van der Waals surface area contributed by atoms with Crippen LogP contribution in [0.5, 0.6) is 0 Å². The van der Waals surface area contributed by atoms with Crippen LogP contribution in [0.1, 0.15) is 55.6 Å². The Morgan fingerprint density at radius 2 is 1.91 bits per heavy atom. The summed E-state index contributed by atoms with van der Waals surface area (Å²) < 4.78 is 1.81. The maximum Gasteiger partial charge on any atom is 0.235 e. The van der Waals surface area contributed by atoms with Crippen LogP contribution in [0.15, 0.2) is 41.4 Å². The molecule has 0 saturated heterocycles. The van der Waals surface area contributed by atoms with Gasteiger partial charge in [-0.1, -0.05) is 50.7 Å². The molecule has 6 nitrogen and oxygen atoms in total. The van der Waals surface area contributed by atoms with Crippen LogP contribution in [0.4, 0.5) is 5.82 Å². The molecular formula is C26H29N5OS2. The molecule has 0 fully saturated rings. The van der Waals surface area contributed by atoms with Gasteiger partial charge in [-0.15, -0.1) is 11.3 Å². The van der Waals surface area contributed by atoms with Gasteiger partial charge in [0.1, 0.15) is 21.5 Å². The number of thiophene rings is 1. The predicted molar refractivity (Wildman–Crippen MR) is 140 cm³/mol. The van der Waals surface area contributed by atoms with Crippen LogP contribution in [0.2, 0.25) is 0 Å². The highest BCUT2D eigenvalue weighted by atomic mass is 32.2. The Hall–Kier alpha value is -2.71. The molecule has 0 spiro atoms. The third-order valence-electron chi connectivity index (χ3n) is 5.98. The number of aryl methyl sites for hydroxylation is 3. The van der Waals surface area contributed by atoms with Crippen molar-refractivity contribution in [2.75, 3.05) is 11.1 Å². The van der Waals surface area contributed by atoms with Crippen molar-refractivity contribution >= 4 is 45.0 Å². The normalized spacial score (nSPS) is 13.8. The Labute approximate surface area is 208 Å². The van der Waals surface area contributed by atoms with Gasteiger partial charge in [-0.2, -0.15) is 5.10 Å². The lowest BCUT2D eigenvalue weighted by Crippen LogP contribution is -2.17. The minimum Gasteiger partial charge on any atom is -0.310 e. The van der Waals surface area contributed by atoms with E-state index in [0.29, 0.717) is 5.82 Å². The van der Waals surface area contributed by atoms with E-state index in [4.69, 9.17) is 10.1 Å². The first-order chi connectivity index (χ1) is 16.3. The Bertz CT molecular complexity index is 1350. The highest BCUT2D eigenvalue weighted by Gasteiger charge is 2.23. The van der Waals surface area contributed by atoms with Crippen LogP contribution >= 0.6 is 23.1 Å². The number of amides is 1. The highest BCUT2D eigenvalue weighted by Crippen LogP contribution is 2.39. The molecule has 1 amide bonds. The number of nitrogens with zero attached hydrogens (tertiary/aromatic N) is 4. The van der Waals surface area contributed by atoms with Gasteiger partial charge < -0.3 is 5.32 Å². The van der Waals surface area contributed by atoms with Gasteiger partial charge in [0, 0.05) is 21.7 Å². The van der Waals surface area contributed by atoms with E-state index in [-0.39, 0.29) is 17.1 Å². The summed E-state index contributed by atoms with van der Waals surface area (Å²) in [7, 11) is 0. The number of fused-ring (bicyclic) bond motifs is 3. The SMILES string of the molecule is Cc1nc(SCC(=O)Nc2cc(C(C)(C)C)nn2-c2ccccc2)c2c3c(sc2n1)CCCC3. The van der Waals surface area contributed by atoms with Crippen LogP contribution < -0.4 is 5.32 Å². The lowest BCUT2D eigenvalue weighted by atomic mass is 9.92. The van der Waals surface area contributed by atoms with Gasteiger partial charge in [-0.3, -0.25) is 4.79 Å². The summed E-state index contributed by atoms with van der Waals surface area (Å²) in [5.41, 5.74) is 3.11. The summed E-state index contributed by atoms with van der Waals surface area (Å²) in [5.74, 6) is 1.64. The fourth-order valence-electron chi connectivity index (χ4n) is 4.25. The molecule has 4 aromatic rings. The molecule has 0 saturated carbocycles. The quantitative estimate of drug-likeness (QED) is 0.270. The number of benzene rings is 1. The lowest BCUT2D eigenvalue weighted by Gasteiger charge is -2.14. The van der Waals surface area contributed by atoms with Crippen molar-refractivity contribution in [2.45, 2.75) is 63.8 Å². The number of rotatable bonds is 5. The van der Waals surface area contributed by atoms with Crippen LogP contribution in [0, 0.1) is 6.92 Å². The molecule has 0 unspecified atom stereocenters. The molecule has 8 heteroatoms. The number of hydrogen-bond donors (Lipinski definition) is 1. The Morgan fingerprint density at radius 3 is 2.68 bits per heavy atom. The van der Waals surface area contributed by atoms with E-state index >= 15 is 0 Å². The van der Waals surface area contributed by atoms with Gasteiger partial charge >= 0.3 is 0 Å². The van der Waals surface area contributed by atoms with Crippen molar-refractivity contribution in [3.8, 4) is 5.69 Å². The Kier molecular flexibility index (Phi) is 6.20. The van der Waals surface area contributed by atoms with E-state index < -0.39 is 0 Å². The van der Waals surface area contributed by atoms with Crippen molar-refractivity contribution in [1.82, 2.24) is 19.7 Å². The first-order valence-corrected chi connectivity index (χ1v) is 13.5. The molecule has 1 aliphatic carbocycles. The summed E-state index contributed by atoms with van der Waals surface area (Å²) in [5, 5.41) is 9.96. The van der Waals surface area contributed by atoms with Gasteiger partial charge in [-0.05, 0) is 50.3 Å². The molecule has 1 aliphatic rings. The summed E-state index contributed by atoms with van der Waals surface area (Å²) in [6, 6.07) is 11.9. The van der Waals surface area contributed by atoms with Gasteiger partial charge in [0.2, 0.25) is 5.91 Å². The zero-order valence-electron chi connectivity index (χ0n) is 20.0. The molecule has 0 atom stereocenters. The number of anilines is 1. The number of nitrogens with one attached hydrogen (secondary N) is 1. The minimum atomic E-state index is -0.129. The van der Waals surface area contributed by atoms with Crippen LogP contribution in [-0.4, -0.2) is 31.4 Å². The van der Waals surface area contributed by atoms with E-state index in [9.17, 15) is 4.79 Å². The molecule has 34 heavy (non-hydrogen) atoms. The molecule has 0 aliphatic heterocycles. The Balaban J connectivity index is 1.39. The second kappa shape index (κ2) is 9.15. The fraction of sp³-hybridized carbons (Fsp3) is 0.385. The number of aromatic nitrogens is 4. The molecule has 0 bridgehead atoms. The summed E-state index contributed by atoms with van der Waals surface area (Å²) in [6.07, 6.45) is 4.65. The summed E-state index contributed by atoms with van der Waals surface area (Å²) >= 11 is 3.29. The van der Waals surface area contributed by atoms with Crippen molar-refractivity contribution < 1.29 is 4.79 Å². The largest absolute Gasteiger partial charge is 0.310 e. The number of hydrogen-bond acceptors (Lipinski definition) is 6. The zero-order valence-corrected chi connectivity index (χ0v) is 21.6. The third kappa shape index (κ3) is 4.61. The maximum atomic E-state index is 13.1. The van der Waals surface area contributed by atoms with E-state index in [1.807, 2.05) is 48.0 Å². The van der Waals surface area contributed by atoms with Gasteiger partial charge in [0.05, 0.1) is 17.1 Å². The molecule has 1 N–H and O–H groups in total. The second-order valence-corrected chi connectivity index (χ2v) is 11.8. The number of carbonyl (C=O) groups is 1. The summed E-state index contributed by atoms with van der Waals surface area (Å²) in [6.45, 7) is 8.29. The molecule has 5 rings (SSSR count). The second-order valence-electron chi connectivity index (χ2n) is 9.72. The van der Waals surface area contributed by atoms with E-state index in [1.54, 1.807) is 11.3 Å². The number of para-hydroxylation sites is 1. The van der Waals surface area contributed by atoms with Crippen LogP contribution in [0.3, 0.4) is 0 Å². The van der Waals surface area contributed by atoms with Crippen LogP contribution in [-0.2, 0) is 23.1 Å². The molecule has 0 radical (unpaired) electrons. The number of carbonyl (C=O) groups excluding carboxylic acids is 1. The standard InChI is InChI=1S/C26H29N5OS2/c1-16-27-24(23-18-12-8-9-13-19(18)34-25(23)28-16)33-15-22(32)29-21-14-20(26(2,3)4)30-31(21)17-10-6-5-7-11-17/h5-7,10-11,14H,8-9,12-13,15H2,1-4H3,(H,29,32). The van der Waals surface area contributed by atoms with Gasteiger partial charge in [0.25, 0.3) is 0 Å². The maximum absolute atomic E-state index is 13.1. The van der Waals surface area contributed by atoms with Crippen LogP contribution in [0.25, 0.3) is 15.9 Å². The Morgan fingerprint density at radius 1 is 1.15 bits per heavy atom. The van der Waals surface area contributed by atoms with E-state index in [2.05, 4.69) is 31.1 Å². The minimum absolute atomic E-state index is 0.0731. The molecular weight excluding hydrogens is 462 g/mol. The highest BCUT2D eigenvalue weighted by molar-refractivity contribution is 8.00. The van der Waals surface area contributed by atoms with Crippen molar-refractivity contribution in [1.29, 1.82) is 0 Å². The topological polar surface area (TPSA) is 72.7 Å². The predicted octanol–water partition coefficient (Wildman–Crippen LogP) is 6.09. The first-order valence-electron chi connectivity index (χ1n) is 11.7. The average molecular weight is 492 g/mol.